The van der Waals surface area contributed by atoms with Crippen LogP contribution in [0, 0.1) is 0 Å². The first-order chi connectivity index (χ1) is 17.5. The van der Waals surface area contributed by atoms with E-state index in [-0.39, 0.29) is 49.4 Å². The summed E-state index contributed by atoms with van der Waals surface area (Å²) in [6.07, 6.45) is 1.38. The minimum atomic E-state index is -0.978. The molecule has 3 amide bonds. The second-order valence-corrected chi connectivity index (χ2v) is 8.05. The van der Waals surface area contributed by atoms with E-state index in [4.69, 9.17) is 4.74 Å². The van der Waals surface area contributed by atoms with Gasteiger partial charge >= 0.3 is 0 Å². The molecule has 0 spiro atoms. The van der Waals surface area contributed by atoms with E-state index in [1.807, 2.05) is 30.3 Å². The summed E-state index contributed by atoms with van der Waals surface area (Å²) >= 11 is 0. The minimum Gasteiger partial charge on any atom is -0.508 e. The topological polar surface area (TPSA) is 121 Å². The van der Waals surface area contributed by atoms with E-state index in [0.717, 1.165) is 5.56 Å². The average molecular weight is 491 g/mol. The Bertz CT molecular complexity index is 1120. The molecule has 9 heteroatoms. The maximum Gasteiger partial charge on any atom is 0.247 e. The van der Waals surface area contributed by atoms with E-state index in [0.29, 0.717) is 18.0 Å². The molecule has 0 saturated carbocycles. The molecule has 0 aliphatic heterocycles. The molecule has 1 aromatic heterocycles. The number of aromatic hydroxyl groups is 1. The number of methoxy groups -OCH3 is 1. The molecule has 0 saturated heterocycles. The van der Waals surface area contributed by atoms with Crippen molar-refractivity contribution in [1.29, 1.82) is 0 Å². The lowest BCUT2D eigenvalue weighted by molar-refractivity contribution is -0.142. The summed E-state index contributed by atoms with van der Waals surface area (Å²) in [5, 5.41) is 15.2. The predicted molar refractivity (Wildman–Crippen MR) is 135 cm³/mol. The molecule has 0 unspecified atom stereocenters. The maximum atomic E-state index is 13.5. The third-order valence-electron chi connectivity index (χ3n) is 5.39. The Labute approximate surface area is 210 Å². The van der Waals surface area contributed by atoms with Crippen molar-refractivity contribution in [2.75, 3.05) is 25.6 Å². The van der Waals surface area contributed by atoms with Gasteiger partial charge in [0.1, 0.15) is 17.6 Å². The predicted octanol–water partition coefficient (Wildman–Crippen LogP) is 3.04. The van der Waals surface area contributed by atoms with Gasteiger partial charge in [0.25, 0.3) is 0 Å². The van der Waals surface area contributed by atoms with Crippen molar-refractivity contribution in [3.05, 3.63) is 90.1 Å². The number of amides is 3. The molecule has 3 rings (SSSR count). The van der Waals surface area contributed by atoms with E-state index in [2.05, 4.69) is 15.6 Å². The number of nitrogens with one attached hydrogen (secondary N) is 2. The molecule has 2 aromatic carbocycles. The smallest absolute Gasteiger partial charge is 0.247 e. The highest BCUT2D eigenvalue weighted by molar-refractivity contribution is 5.94. The van der Waals surface area contributed by atoms with Crippen LogP contribution >= 0.6 is 0 Å². The van der Waals surface area contributed by atoms with Crippen molar-refractivity contribution in [3.8, 4) is 5.75 Å². The molecule has 0 aliphatic carbocycles. The summed E-state index contributed by atoms with van der Waals surface area (Å²) in [5.74, 6) is -0.664. The summed E-state index contributed by atoms with van der Waals surface area (Å²) < 4.78 is 5.03. The molecule has 0 aliphatic rings. The molecule has 1 heterocycles. The number of hydrogen-bond donors (Lipinski definition) is 3. The molecular weight excluding hydrogens is 460 g/mol. The molecule has 36 heavy (non-hydrogen) atoms. The third-order valence-corrected chi connectivity index (χ3v) is 5.39. The van der Waals surface area contributed by atoms with Crippen LogP contribution in [0.15, 0.2) is 79.0 Å². The van der Waals surface area contributed by atoms with Crippen LogP contribution in [-0.2, 0) is 25.7 Å². The zero-order chi connectivity index (χ0) is 25.8. The number of hydrogen-bond acceptors (Lipinski definition) is 6. The number of phenolic OH excluding ortho intramolecular Hbond substituents is 1. The molecular formula is C27H30N4O5. The zero-order valence-corrected chi connectivity index (χ0v) is 20.1. The number of aromatic nitrogens is 1. The standard InChI is InChI=1S/C27H30N4O5/c1-36-18-17-29-27(35)26(21-10-12-22(32)13-11-21)31(19-20-7-3-2-4-8-20)25(34)15-14-24(33)30-23-9-5-6-16-28-23/h2-13,16,26,32H,14-15,17-19H2,1H3,(H,29,35)(H,28,30,33)/t26-/m1/s1. The first-order valence-electron chi connectivity index (χ1n) is 11.6. The summed E-state index contributed by atoms with van der Waals surface area (Å²) in [7, 11) is 1.53. The van der Waals surface area contributed by atoms with Crippen molar-refractivity contribution in [1.82, 2.24) is 15.2 Å². The number of ether oxygens (including phenoxy) is 1. The summed E-state index contributed by atoms with van der Waals surface area (Å²) in [4.78, 5) is 44.8. The molecule has 188 valence electrons. The molecule has 3 N–H and O–H groups in total. The van der Waals surface area contributed by atoms with Crippen molar-refractivity contribution in [2.45, 2.75) is 25.4 Å². The number of anilines is 1. The van der Waals surface area contributed by atoms with E-state index < -0.39 is 6.04 Å². The Morgan fingerprint density at radius 3 is 2.36 bits per heavy atom. The SMILES string of the molecule is COCCNC(=O)[C@@H](c1ccc(O)cc1)N(Cc1ccccc1)C(=O)CCC(=O)Nc1ccccn1. The fourth-order valence-corrected chi connectivity index (χ4v) is 3.61. The number of carbonyl (C=O) groups excluding carboxylic acids is 3. The van der Waals surface area contributed by atoms with Gasteiger partial charge in [0.2, 0.25) is 17.7 Å². The van der Waals surface area contributed by atoms with Crippen molar-refractivity contribution >= 4 is 23.5 Å². The van der Waals surface area contributed by atoms with Crippen LogP contribution in [-0.4, -0.2) is 53.0 Å². The summed E-state index contributed by atoms with van der Waals surface area (Å²) in [6.45, 7) is 0.739. The van der Waals surface area contributed by atoms with E-state index in [1.54, 1.807) is 36.5 Å². The van der Waals surface area contributed by atoms with Gasteiger partial charge in [-0.15, -0.1) is 0 Å². The van der Waals surface area contributed by atoms with Gasteiger partial charge < -0.3 is 25.4 Å². The highest BCUT2D eigenvalue weighted by Gasteiger charge is 2.31. The Morgan fingerprint density at radius 2 is 1.69 bits per heavy atom. The second kappa shape index (κ2) is 13.6. The largest absolute Gasteiger partial charge is 0.508 e. The monoisotopic (exact) mass is 490 g/mol. The van der Waals surface area contributed by atoms with E-state index in [9.17, 15) is 19.5 Å². The van der Waals surface area contributed by atoms with Gasteiger partial charge in [0.05, 0.1) is 6.61 Å². The number of rotatable bonds is 12. The van der Waals surface area contributed by atoms with Gasteiger partial charge in [-0.2, -0.15) is 0 Å². The van der Waals surface area contributed by atoms with Crippen molar-refractivity contribution in [2.24, 2.45) is 0 Å². The molecule has 9 nitrogen and oxygen atoms in total. The van der Waals surface area contributed by atoms with Crippen molar-refractivity contribution in [3.63, 3.8) is 0 Å². The van der Waals surface area contributed by atoms with Crippen LogP contribution < -0.4 is 10.6 Å². The van der Waals surface area contributed by atoms with Gasteiger partial charge in [-0.25, -0.2) is 4.98 Å². The quantitative estimate of drug-likeness (QED) is 0.336. The molecule has 3 aromatic rings. The average Bonchev–Trinajstić information content (AvgIpc) is 2.89. The van der Waals surface area contributed by atoms with E-state index >= 15 is 0 Å². The summed E-state index contributed by atoms with van der Waals surface area (Å²) in [6, 6.07) is 19.6. The van der Waals surface area contributed by atoms with Gasteiger partial charge in [0.15, 0.2) is 0 Å². The first kappa shape index (κ1) is 26.4. The van der Waals surface area contributed by atoms with Crippen LogP contribution in [0.2, 0.25) is 0 Å². The Hall–Kier alpha value is -4.24. The van der Waals surface area contributed by atoms with Crippen LogP contribution in [0.5, 0.6) is 5.75 Å². The number of pyridine rings is 1. The third kappa shape index (κ3) is 7.92. The lowest BCUT2D eigenvalue weighted by Gasteiger charge is -2.31. The molecule has 1 atom stereocenters. The van der Waals surface area contributed by atoms with Crippen LogP contribution in [0.1, 0.15) is 30.0 Å². The number of phenols is 1. The molecule has 0 radical (unpaired) electrons. The fourth-order valence-electron chi connectivity index (χ4n) is 3.61. The Morgan fingerprint density at radius 1 is 0.972 bits per heavy atom. The molecule has 0 fully saturated rings. The van der Waals surface area contributed by atoms with Gasteiger partial charge in [-0.05, 0) is 35.4 Å². The maximum absolute atomic E-state index is 13.5. The molecule has 0 bridgehead atoms. The number of nitrogens with zero attached hydrogens (tertiary/aromatic N) is 2. The van der Waals surface area contributed by atoms with Gasteiger partial charge in [0, 0.05) is 39.2 Å². The van der Waals surface area contributed by atoms with Crippen LogP contribution in [0.25, 0.3) is 0 Å². The highest BCUT2D eigenvalue weighted by Crippen LogP contribution is 2.26. The van der Waals surface area contributed by atoms with Gasteiger partial charge in [-0.3, -0.25) is 14.4 Å². The van der Waals surface area contributed by atoms with Crippen LogP contribution in [0.4, 0.5) is 5.82 Å². The second-order valence-electron chi connectivity index (χ2n) is 8.05. The number of carbonyl (C=O) groups is 3. The van der Waals surface area contributed by atoms with E-state index in [1.165, 1.54) is 24.1 Å². The Balaban J connectivity index is 1.84. The van der Waals surface area contributed by atoms with Gasteiger partial charge in [-0.1, -0.05) is 48.5 Å². The first-order valence-corrected chi connectivity index (χ1v) is 11.6. The lowest BCUT2D eigenvalue weighted by Crippen LogP contribution is -2.44. The highest BCUT2D eigenvalue weighted by atomic mass is 16.5. The summed E-state index contributed by atoms with van der Waals surface area (Å²) in [5.41, 5.74) is 1.36. The zero-order valence-electron chi connectivity index (χ0n) is 20.1. The van der Waals surface area contributed by atoms with Crippen LogP contribution in [0.3, 0.4) is 0 Å². The normalized spacial score (nSPS) is 11.4. The Kier molecular flexibility index (Phi) is 9.96. The fraction of sp³-hybridized carbons (Fsp3) is 0.259. The van der Waals surface area contributed by atoms with Crippen molar-refractivity contribution < 1.29 is 24.2 Å². The lowest BCUT2D eigenvalue weighted by atomic mass is 10.0. The minimum absolute atomic E-state index is 0.0458. The number of benzene rings is 2.